The van der Waals surface area contributed by atoms with Crippen molar-refractivity contribution in [3.05, 3.63) is 24.5 Å². The fraction of sp³-hybridized carbons (Fsp3) is 0.375. The van der Waals surface area contributed by atoms with Gasteiger partial charge in [0.15, 0.2) is 0 Å². The van der Waals surface area contributed by atoms with Crippen molar-refractivity contribution in [3.63, 3.8) is 0 Å². The van der Waals surface area contributed by atoms with Gasteiger partial charge in [-0.15, -0.1) is 0 Å². The summed E-state index contributed by atoms with van der Waals surface area (Å²) in [5, 5.41) is 4.16. The highest BCUT2D eigenvalue weighted by Gasteiger charge is 1.84. The molecular weight excluding hydrogens is 124 g/mol. The summed E-state index contributed by atoms with van der Waals surface area (Å²) in [5.74, 6) is 0.516. The number of hydrogen-bond donors (Lipinski definition) is 0. The molecule has 1 heterocycles. The molecule has 0 saturated carbocycles. The number of nitrogens with zero attached hydrogens (tertiary/aromatic N) is 2. The largest absolute Gasteiger partial charge is 0.249 e. The third-order valence-corrected chi connectivity index (χ3v) is 1.09. The lowest BCUT2D eigenvalue weighted by Crippen LogP contribution is -1.90. The van der Waals surface area contributed by atoms with Crippen LogP contribution in [0.25, 0.3) is 0 Å². The van der Waals surface area contributed by atoms with E-state index in [1.165, 1.54) is 0 Å². The molecule has 0 aromatic carbocycles. The zero-order chi connectivity index (χ0) is 7.40. The summed E-state index contributed by atoms with van der Waals surface area (Å²) in [6.45, 7) is 4.21. The van der Waals surface area contributed by atoms with E-state index in [-0.39, 0.29) is 0 Å². The molecule has 10 heavy (non-hydrogen) atoms. The van der Waals surface area contributed by atoms with Crippen molar-refractivity contribution >= 4 is 6.21 Å². The molecule has 0 radical (unpaired) electrons. The second kappa shape index (κ2) is 3.20. The van der Waals surface area contributed by atoms with E-state index in [1.807, 2.05) is 30.7 Å². The lowest BCUT2D eigenvalue weighted by molar-refractivity contribution is 0.841. The first-order valence-corrected chi connectivity index (χ1v) is 3.46. The van der Waals surface area contributed by atoms with E-state index in [9.17, 15) is 0 Å². The summed E-state index contributed by atoms with van der Waals surface area (Å²) >= 11 is 0. The van der Waals surface area contributed by atoms with Gasteiger partial charge in [0.25, 0.3) is 0 Å². The molecule has 1 aromatic heterocycles. The molecule has 2 nitrogen and oxygen atoms in total. The van der Waals surface area contributed by atoms with Crippen molar-refractivity contribution in [1.82, 2.24) is 4.68 Å². The summed E-state index contributed by atoms with van der Waals surface area (Å²) in [7, 11) is 0. The van der Waals surface area contributed by atoms with Crippen LogP contribution in [0.5, 0.6) is 0 Å². The Hall–Kier alpha value is -1.05. The Balaban J connectivity index is 2.55. The van der Waals surface area contributed by atoms with Crippen molar-refractivity contribution in [3.8, 4) is 0 Å². The Bertz CT molecular complexity index is 197. The first kappa shape index (κ1) is 7.06. The molecule has 0 aliphatic heterocycles. The molecule has 2 heteroatoms. The molecule has 0 saturated heterocycles. The maximum atomic E-state index is 4.16. The summed E-state index contributed by atoms with van der Waals surface area (Å²) in [5.41, 5.74) is 0. The van der Waals surface area contributed by atoms with E-state index in [0.29, 0.717) is 5.92 Å². The lowest BCUT2D eigenvalue weighted by atomic mass is 10.3. The maximum Gasteiger partial charge on any atom is 0.0284 e. The van der Waals surface area contributed by atoms with Crippen LogP contribution in [0, 0.1) is 5.92 Å². The first-order chi connectivity index (χ1) is 4.79. The predicted octanol–water partition coefficient (Wildman–Crippen LogP) is 1.98. The van der Waals surface area contributed by atoms with Gasteiger partial charge in [-0.05, 0) is 18.1 Å². The van der Waals surface area contributed by atoms with E-state index in [4.69, 9.17) is 0 Å². The van der Waals surface area contributed by atoms with Gasteiger partial charge in [0.1, 0.15) is 0 Å². The molecule has 0 fully saturated rings. The van der Waals surface area contributed by atoms with Gasteiger partial charge in [-0.2, -0.15) is 5.10 Å². The topological polar surface area (TPSA) is 17.3 Å². The molecule has 0 spiro atoms. The van der Waals surface area contributed by atoms with Gasteiger partial charge in [0, 0.05) is 18.6 Å². The molecule has 1 rings (SSSR count). The monoisotopic (exact) mass is 136 g/mol. The van der Waals surface area contributed by atoms with Crippen LogP contribution in [-0.4, -0.2) is 10.9 Å². The van der Waals surface area contributed by atoms with E-state index in [2.05, 4.69) is 18.9 Å². The van der Waals surface area contributed by atoms with Crippen LogP contribution in [0.3, 0.4) is 0 Å². The van der Waals surface area contributed by atoms with Crippen molar-refractivity contribution in [2.24, 2.45) is 11.0 Å². The van der Waals surface area contributed by atoms with Crippen LogP contribution >= 0.6 is 0 Å². The van der Waals surface area contributed by atoms with Crippen LogP contribution < -0.4 is 0 Å². The van der Waals surface area contributed by atoms with Crippen molar-refractivity contribution in [2.45, 2.75) is 13.8 Å². The minimum Gasteiger partial charge on any atom is -0.249 e. The Morgan fingerprint density at radius 3 is 2.40 bits per heavy atom. The van der Waals surface area contributed by atoms with Gasteiger partial charge in [-0.1, -0.05) is 13.8 Å². The highest BCUT2D eigenvalue weighted by atomic mass is 15.3. The third-order valence-electron chi connectivity index (χ3n) is 1.09. The van der Waals surface area contributed by atoms with Gasteiger partial charge in [-0.3, -0.25) is 0 Å². The molecule has 0 aliphatic rings. The average Bonchev–Trinajstić information content (AvgIpc) is 2.34. The highest BCUT2D eigenvalue weighted by molar-refractivity contribution is 5.59. The van der Waals surface area contributed by atoms with E-state index in [0.717, 1.165) is 0 Å². The fourth-order valence-electron chi connectivity index (χ4n) is 0.613. The Labute approximate surface area is 61.2 Å². The Morgan fingerprint density at radius 2 is 1.90 bits per heavy atom. The minimum absolute atomic E-state index is 0.516. The molecule has 0 N–H and O–H groups in total. The Kier molecular flexibility index (Phi) is 2.26. The number of hydrogen-bond acceptors (Lipinski definition) is 1. The van der Waals surface area contributed by atoms with Crippen LogP contribution in [0.15, 0.2) is 29.6 Å². The van der Waals surface area contributed by atoms with Crippen LogP contribution in [0.4, 0.5) is 0 Å². The normalized spacial score (nSPS) is 11.5. The molecule has 0 bridgehead atoms. The molecule has 0 unspecified atom stereocenters. The van der Waals surface area contributed by atoms with E-state index in [1.54, 1.807) is 4.68 Å². The van der Waals surface area contributed by atoms with Crippen molar-refractivity contribution in [1.29, 1.82) is 0 Å². The third kappa shape index (κ3) is 2.05. The first-order valence-electron chi connectivity index (χ1n) is 3.46. The van der Waals surface area contributed by atoms with Gasteiger partial charge in [-0.25, -0.2) is 4.68 Å². The van der Waals surface area contributed by atoms with Gasteiger partial charge < -0.3 is 0 Å². The van der Waals surface area contributed by atoms with E-state index >= 15 is 0 Å². The summed E-state index contributed by atoms with van der Waals surface area (Å²) in [6.07, 6.45) is 5.75. The molecule has 0 amide bonds. The quantitative estimate of drug-likeness (QED) is 0.553. The molecule has 0 atom stereocenters. The zero-order valence-electron chi connectivity index (χ0n) is 6.36. The Morgan fingerprint density at radius 1 is 1.30 bits per heavy atom. The van der Waals surface area contributed by atoms with Crippen molar-refractivity contribution < 1.29 is 0 Å². The average molecular weight is 136 g/mol. The number of aromatic nitrogens is 1. The van der Waals surface area contributed by atoms with Crippen LogP contribution in [0.1, 0.15) is 13.8 Å². The standard InChI is InChI=1S/C8H12N2/c1-8(2)7-9-10-5-3-4-6-10/h3-8H,1-2H3/b9-7+. The molecular formula is C8H12N2. The van der Waals surface area contributed by atoms with Crippen LogP contribution in [-0.2, 0) is 0 Å². The number of rotatable bonds is 2. The van der Waals surface area contributed by atoms with E-state index < -0.39 is 0 Å². The minimum atomic E-state index is 0.516. The highest BCUT2D eigenvalue weighted by Crippen LogP contribution is 1.90. The predicted molar refractivity (Wildman–Crippen MR) is 43.2 cm³/mol. The maximum absolute atomic E-state index is 4.16. The second-order valence-electron chi connectivity index (χ2n) is 2.57. The molecule has 54 valence electrons. The van der Waals surface area contributed by atoms with Crippen molar-refractivity contribution in [2.75, 3.05) is 0 Å². The summed E-state index contributed by atoms with van der Waals surface area (Å²) < 4.78 is 1.79. The van der Waals surface area contributed by atoms with Gasteiger partial charge in [0.05, 0.1) is 0 Å². The molecule has 1 aromatic rings. The van der Waals surface area contributed by atoms with Crippen LogP contribution in [0.2, 0.25) is 0 Å². The smallest absolute Gasteiger partial charge is 0.0284 e. The second-order valence-corrected chi connectivity index (χ2v) is 2.57. The van der Waals surface area contributed by atoms with Gasteiger partial charge >= 0.3 is 0 Å². The SMILES string of the molecule is CC(C)/C=N/n1cccc1. The fourth-order valence-corrected chi connectivity index (χ4v) is 0.613. The zero-order valence-corrected chi connectivity index (χ0v) is 6.36. The summed E-state index contributed by atoms with van der Waals surface area (Å²) in [6, 6.07) is 3.91. The lowest BCUT2D eigenvalue weighted by Gasteiger charge is -1.93. The van der Waals surface area contributed by atoms with Gasteiger partial charge in [0.2, 0.25) is 0 Å². The molecule has 0 aliphatic carbocycles. The summed E-state index contributed by atoms with van der Waals surface area (Å²) in [4.78, 5) is 0.